The summed E-state index contributed by atoms with van der Waals surface area (Å²) in [7, 11) is -1.95. The fraction of sp³-hybridized carbons (Fsp3) is 0.875. The molecule has 15 heavy (non-hydrogen) atoms. The fourth-order valence-electron chi connectivity index (χ4n) is 1.38. The van der Waals surface area contributed by atoms with Gasteiger partial charge < -0.3 is 5.32 Å². The summed E-state index contributed by atoms with van der Waals surface area (Å²) in [6.07, 6.45) is 1.02. The molecular formula is C8H16N4O2S. The third kappa shape index (κ3) is 3.76. The van der Waals surface area contributed by atoms with Crippen LogP contribution in [0.1, 0.15) is 12.8 Å². The minimum absolute atomic E-state index is 0.0282. The van der Waals surface area contributed by atoms with E-state index in [1.807, 2.05) is 6.07 Å². The van der Waals surface area contributed by atoms with Crippen molar-refractivity contribution in [3.05, 3.63) is 0 Å². The molecule has 1 aliphatic heterocycles. The molecule has 1 heterocycles. The standard InChI is InChI=1S/C8H16N4O2S/c1-12(6-2-4-9)15(13,14)11-8-3-5-10-7-8/h8,10-11H,2-3,5-7H2,1H3. The molecule has 0 aromatic rings. The highest BCUT2D eigenvalue weighted by Crippen LogP contribution is 2.02. The largest absolute Gasteiger partial charge is 0.315 e. The third-order valence-electron chi connectivity index (χ3n) is 2.32. The molecule has 0 spiro atoms. The molecule has 0 aromatic heterocycles. The predicted octanol–water partition coefficient (Wildman–Crippen LogP) is -0.972. The van der Waals surface area contributed by atoms with Gasteiger partial charge in [-0.3, -0.25) is 0 Å². The van der Waals surface area contributed by atoms with Crippen LogP contribution < -0.4 is 10.0 Å². The zero-order chi connectivity index (χ0) is 11.3. The number of nitrogens with zero attached hydrogens (tertiary/aromatic N) is 2. The maximum Gasteiger partial charge on any atom is 0.279 e. The molecule has 0 aliphatic carbocycles. The Bertz CT molecular complexity index is 329. The lowest BCUT2D eigenvalue weighted by molar-refractivity contribution is 0.454. The second-order valence-electron chi connectivity index (χ2n) is 3.54. The van der Waals surface area contributed by atoms with Crippen molar-refractivity contribution in [1.82, 2.24) is 14.3 Å². The molecule has 1 atom stereocenters. The minimum atomic E-state index is -3.42. The first-order valence-corrected chi connectivity index (χ1v) is 6.31. The second-order valence-corrected chi connectivity index (χ2v) is 5.35. The van der Waals surface area contributed by atoms with Crippen molar-refractivity contribution in [1.29, 1.82) is 5.26 Å². The normalized spacial score (nSPS) is 21.8. The van der Waals surface area contributed by atoms with Crippen LogP contribution in [0.2, 0.25) is 0 Å². The monoisotopic (exact) mass is 232 g/mol. The molecule has 6 nitrogen and oxygen atoms in total. The summed E-state index contributed by atoms with van der Waals surface area (Å²) < 4.78 is 27.1. The van der Waals surface area contributed by atoms with Gasteiger partial charge in [0.1, 0.15) is 0 Å². The van der Waals surface area contributed by atoms with E-state index in [9.17, 15) is 8.42 Å². The van der Waals surface area contributed by atoms with Gasteiger partial charge >= 0.3 is 0 Å². The molecule has 86 valence electrons. The van der Waals surface area contributed by atoms with Gasteiger partial charge in [-0.25, -0.2) is 0 Å². The number of nitrogens with one attached hydrogen (secondary N) is 2. The lowest BCUT2D eigenvalue weighted by atomic mass is 10.3. The van der Waals surface area contributed by atoms with Crippen LogP contribution in [0.25, 0.3) is 0 Å². The van der Waals surface area contributed by atoms with Crippen LogP contribution in [0.5, 0.6) is 0 Å². The maximum atomic E-state index is 11.7. The molecule has 0 bridgehead atoms. The Morgan fingerprint density at radius 1 is 1.67 bits per heavy atom. The van der Waals surface area contributed by atoms with E-state index in [1.165, 1.54) is 11.4 Å². The minimum Gasteiger partial charge on any atom is -0.315 e. The first-order valence-electron chi connectivity index (χ1n) is 4.87. The molecule has 0 amide bonds. The van der Waals surface area contributed by atoms with Gasteiger partial charge in [-0.2, -0.15) is 22.7 Å². The lowest BCUT2D eigenvalue weighted by Crippen LogP contribution is -2.44. The Morgan fingerprint density at radius 3 is 2.93 bits per heavy atom. The van der Waals surface area contributed by atoms with Crippen molar-refractivity contribution in [3.63, 3.8) is 0 Å². The van der Waals surface area contributed by atoms with Crippen LogP contribution >= 0.6 is 0 Å². The van der Waals surface area contributed by atoms with Crippen LogP contribution in [0, 0.1) is 11.3 Å². The highest BCUT2D eigenvalue weighted by atomic mass is 32.2. The van der Waals surface area contributed by atoms with Crippen LogP contribution in [-0.4, -0.2) is 45.4 Å². The summed E-state index contributed by atoms with van der Waals surface area (Å²) in [5.74, 6) is 0. The van der Waals surface area contributed by atoms with Crippen molar-refractivity contribution >= 4 is 10.2 Å². The molecule has 1 unspecified atom stereocenters. The summed E-state index contributed by atoms with van der Waals surface area (Å²) in [4.78, 5) is 0. The van der Waals surface area contributed by atoms with E-state index in [0.29, 0.717) is 6.54 Å². The Kier molecular flexibility index (Phi) is 4.47. The van der Waals surface area contributed by atoms with Crippen LogP contribution in [0.4, 0.5) is 0 Å². The van der Waals surface area contributed by atoms with Crippen molar-refractivity contribution in [2.45, 2.75) is 18.9 Å². The van der Waals surface area contributed by atoms with E-state index >= 15 is 0 Å². The first-order chi connectivity index (χ1) is 7.06. The van der Waals surface area contributed by atoms with Gasteiger partial charge in [0.15, 0.2) is 0 Å². The summed E-state index contributed by atoms with van der Waals surface area (Å²) in [5.41, 5.74) is 0. The van der Waals surface area contributed by atoms with E-state index in [2.05, 4.69) is 10.0 Å². The van der Waals surface area contributed by atoms with E-state index < -0.39 is 10.2 Å². The van der Waals surface area contributed by atoms with Crippen molar-refractivity contribution in [3.8, 4) is 6.07 Å². The number of hydrogen-bond acceptors (Lipinski definition) is 4. The average Bonchev–Trinajstić information content (AvgIpc) is 2.65. The van der Waals surface area contributed by atoms with E-state index in [4.69, 9.17) is 5.26 Å². The van der Waals surface area contributed by atoms with Crippen molar-refractivity contribution < 1.29 is 8.42 Å². The highest BCUT2D eigenvalue weighted by molar-refractivity contribution is 7.87. The molecule has 2 N–H and O–H groups in total. The van der Waals surface area contributed by atoms with E-state index in [-0.39, 0.29) is 19.0 Å². The molecule has 0 radical (unpaired) electrons. The molecule has 7 heteroatoms. The van der Waals surface area contributed by atoms with Crippen molar-refractivity contribution in [2.75, 3.05) is 26.7 Å². The number of rotatable bonds is 5. The second kappa shape index (κ2) is 5.42. The number of nitriles is 1. The quantitative estimate of drug-likeness (QED) is 0.638. The van der Waals surface area contributed by atoms with Crippen LogP contribution in [-0.2, 0) is 10.2 Å². The third-order valence-corrected chi connectivity index (χ3v) is 3.96. The highest BCUT2D eigenvalue weighted by Gasteiger charge is 2.23. The first kappa shape index (κ1) is 12.4. The van der Waals surface area contributed by atoms with Gasteiger partial charge in [0, 0.05) is 32.6 Å². The Hall–Kier alpha value is -0.680. The number of hydrogen-bond donors (Lipinski definition) is 2. The zero-order valence-electron chi connectivity index (χ0n) is 8.73. The van der Waals surface area contributed by atoms with Crippen LogP contribution in [0.3, 0.4) is 0 Å². The van der Waals surface area contributed by atoms with Gasteiger partial charge in [-0.15, -0.1) is 0 Å². The molecule has 1 saturated heterocycles. The average molecular weight is 232 g/mol. The van der Waals surface area contributed by atoms with Crippen LogP contribution in [0.15, 0.2) is 0 Å². The molecule has 1 rings (SSSR count). The predicted molar refractivity (Wildman–Crippen MR) is 56.2 cm³/mol. The molecule has 1 aliphatic rings. The van der Waals surface area contributed by atoms with E-state index in [0.717, 1.165) is 13.0 Å². The zero-order valence-corrected chi connectivity index (χ0v) is 9.55. The Labute approximate surface area is 90.4 Å². The molecular weight excluding hydrogens is 216 g/mol. The van der Waals surface area contributed by atoms with Gasteiger partial charge in [-0.05, 0) is 13.0 Å². The topological polar surface area (TPSA) is 85.2 Å². The fourth-order valence-corrected chi connectivity index (χ4v) is 2.52. The SMILES string of the molecule is CN(CCC#N)S(=O)(=O)NC1CCNC1. The summed E-state index contributed by atoms with van der Waals surface area (Å²) in [6.45, 7) is 1.74. The van der Waals surface area contributed by atoms with E-state index in [1.54, 1.807) is 0 Å². The molecule has 1 fully saturated rings. The van der Waals surface area contributed by atoms with Gasteiger partial charge in [0.05, 0.1) is 6.07 Å². The molecule has 0 aromatic carbocycles. The summed E-state index contributed by atoms with van der Waals surface area (Å²) in [5, 5.41) is 11.4. The van der Waals surface area contributed by atoms with Gasteiger partial charge in [0.2, 0.25) is 0 Å². The summed E-state index contributed by atoms with van der Waals surface area (Å²) >= 11 is 0. The Balaban J connectivity index is 2.46. The smallest absolute Gasteiger partial charge is 0.279 e. The Morgan fingerprint density at radius 2 is 2.40 bits per heavy atom. The van der Waals surface area contributed by atoms with Gasteiger partial charge in [-0.1, -0.05) is 0 Å². The van der Waals surface area contributed by atoms with Gasteiger partial charge in [0.25, 0.3) is 10.2 Å². The molecule has 0 saturated carbocycles. The summed E-state index contributed by atoms with van der Waals surface area (Å²) in [6, 6.07) is 1.89. The van der Waals surface area contributed by atoms with Crippen molar-refractivity contribution in [2.24, 2.45) is 0 Å². The maximum absolute atomic E-state index is 11.7. The lowest BCUT2D eigenvalue weighted by Gasteiger charge is -2.19.